The van der Waals surface area contributed by atoms with Crippen molar-refractivity contribution >= 4 is 34.6 Å². The summed E-state index contributed by atoms with van der Waals surface area (Å²) in [6.45, 7) is 1.01. The maximum Gasteiger partial charge on any atom is 0.220 e. The van der Waals surface area contributed by atoms with Crippen LogP contribution in [0.1, 0.15) is 36.8 Å². The average Bonchev–Trinajstić information content (AvgIpc) is 3.35. The highest BCUT2D eigenvalue weighted by Crippen LogP contribution is 2.38. The summed E-state index contributed by atoms with van der Waals surface area (Å²) in [7, 11) is 0. The lowest BCUT2D eigenvalue weighted by atomic mass is 10.0. The molecule has 2 aromatic heterocycles. The zero-order valence-corrected chi connectivity index (χ0v) is 16.3. The molecule has 1 fully saturated rings. The fourth-order valence-corrected chi connectivity index (χ4v) is 4.70. The van der Waals surface area contributed by atoms with Gasteiger partial charge in [-0.25, -0.2) is 19.9 Å². The summed E-state index contributed by atoms with van der Waals surface area (Å²) < 4.78 is 0. The fourth-order valence-electron chi connectivity index (χ4n) is 4.70. The van der Waals surface area contributed by atoms with E-state index in [0.29, 0.717) is 23.7 Å². The Morgan fingerprint density at radius 3 is 3.00 bits per heavy atom. The van der Waals surface area contributed by atoms with E-state index >= 15 is 0 Å². The molecule has 7 heteroatoms. The number of hydrogen-bond donors (Lipinski definition) is 2. The molecule has 0 radical (unpaired) electrons. The van der Waals surface area contributed by atoms with Gasteiger partial charge < -0.3 is 16.4 Å². The number of nitrogens with two attached hydrogens (primary N) is 2. The predicted octanol–water partition coefficient (Wildman–Crippen LogP) is 3.22. The van der Waals surface area contributed by atoms with Crippen molar-refractivity contribution in [3.05, 3.63) is 47.9 Å². The van der Waals surface area contributed by atoms with E-state index in [0.717, 1.165) is 47.2 Å². The molecule has 148 valence electrons. The van der Waals surface area contributed by atoms with Gasteiger partial charge in [0, 0.05) is 29.7 Å². The van der Waals surface area contributed by atoms with Gasteiger partial charge in [0.05, 0.1) is 5.52 Å². The van der Waals surface area contributed by atoms with Gasteiger partial charge in [0.15, 0.2) is 0 Å². The monoisotopic (exact) mass is 387 g/mol. The van der Waals surface area contributed by atoms with Crippen LogP contribution in [0.5, 0.6) is 0 Å². The third-order valence-electron chi connectivity index (χ3n) is 6.19. The summed E-state index contributed by atoms with van der Waals surface area (Å²) in [5.74, 6) is 2.71. The minimum absolute atomic E-state index is 0.311. The van der Waals surface area contributed by atoms with Crippen molar-refractivity contribution < 1.29 is 0 Å². The van der Waals surface area contributed by atoms with Crippen molar-refractivity contribution in [2.45, 2.75) is 38.1 Å². The predicted molar refractivity (Wildman–Crippen MR) is 116 cm³/mol. The Labute approximate surface area is 169 Å². The van der Waals surface area contributed by atoms with E-state index in [1.165, 1.54) is 19.3 Å². The Kier molecular flexibility index (Phi) is 4.50. The molecular formula is C22H25N7. The summed E-state index contributed by atoms with van der Waals surface area (Å²) in [5.41, 5.74) is 14.9. The Balaban J connectivity index is 1.22. The average molecular weight is 387 g/mol. The van der Waals surface area contributed by atoms with Gasteiger partial charge in [-0.05, 0) is 49.7 Å². The lowest BCUT2D eigenvalue weighted by Gasteiger charge is -2.26. The van der Waals surface area contributed by atoms with E-state index in [-0.39, 0.29) is 0 Å². The highest BCUT2D eigenvalue weighted by atomic mass is 15.2. The van der Waals surface area contributed by atoms with Crippen molar-refractivity contribution in [2.24, 2.45) is 5.92 Å². The molecule has 2 atom stereocenters. The number of aromatic nitrogens is 4. The van der Waals surface area contributed by atoms with Crippen molar-refractivity contribution in [1.29, 1.82) is 0 Å². The van der Waals surface area contributed by atoms with Gasteiger partial charge in [-0.2, -0.15) is 0 Å². The summed E-state index contributed by atoms with van der Waals surface area (Å²) in [6, 6.07) is 6.76. The molecule has 1 saturated carbocycles. The van der Waals surface area contributed by atoms with Gasteiger partial charge in [0.1, 0.15) is 18.0 Å². The molecule has 2 unspecified atom stereocenters. The van der Waals surface area contributed by atoms with E-state index in [1.54, 1.807) is 12.5 Å². The van der Waals surface area contributed by atoms with Crippen LogP contribution in [-0.2, 0) is 6.42 Å². The number of nitrogen functional groups attached to an aromatic ring is 2. The lowest BCUT2D eigenvalue weighted by Crippen LogP contribution is -2.32. The normalized spacial score (nSPS) is 21.3. The van der Waals surface area contributed by atoms with Gasteiger partial charge in [-0.1, -0.05) is 24.3 Å². The minimum atomic E-state index is 0.311. The van der Waals surface area contributed by atoms with E-state index in [1.807, 2.05) is 6.07 Å². The van der Waals surface area contributed by atoms with Crippen LogP contribution in [0.4, 0.5) is 17.6 Å². The molecule has 3 heterocycles. The van der Waals surface area contributed by atoms with Crippen molar-refractivity contribution in [2.75, 3.05) is 22.9 Å². The summed E-state index contributed by atoms with van der Waals surface area (Å²) in [6.07, 6.45) is 13.5. The third kappa shape index (κ3) is 3.48. The zero-order chi connectivity index (χ0) is 19.8. The lowest BCUT2D eigenvalue weighted by molar-refractivity contribution is 0.533. The highest BCUT2D eigenvalue weighted by Gasteiger charge is 2.33. The molecule has 0 saturated heterocycles. The summed E-state index contributed by atoms with van der Waals surface area (Å²) >= 11 is 0. The van der Waals surface area contributed by atoms with Crippen LogP contribution in [0.2, 0.25) is 0 Å². The van der Waals surface area contributed by atoms with Crippen molar-refractivity contribution in [3.8, 4) is 0 Å². The van der Waals surface area contributed by atoms with E-state index in [2.05, 4.69) is 49.1 Å². The Bertz CT molecular complexity index is 1080. The molecule has 0 spiro atoms. The molecule has 7 nitrogen and oxygen atoms in total. The zero-order valence-electron chi connectivity index (χ0n) is 16.3. The van der Waals surface area contributed by atoms with Crippen LogP contribution < -0.4 is 16.4 Å². The highest BCUT2D eigenvalue weighted by molar-refractivity contribution is 5.81. The maximum absolute atomic E-state index is 6.02. The van der Waals surface area contributed by atoms with E-state index < -0.39 is 0 Å². The van der Waals surface area contributed by atoms with Gasteiger partial charge in [-0.3, -0.25) is 0 Å². The van der Waals surface area contributed by atoms with Crippen LogP contribution in [0.3, 0.4) is 0 Å². The molecule has 0 bridgehead atoms. The van der Waals surface area contributed by atoms with Crippen LogP contribution in [0.25, 0.3) is 17.0 Å². The quantitative estimate of drug-likeness (QED) is 0.708. The number of fused-ring (bicyclic) bond motifs is 2. The van der Waals surface area contributed by atoms with Gasteiger partial charge in [0.25, 0.3) is 0 Å². The molecule has 29 heavy (non-hydrogen) atoms. The molecule has 1 aliphatic carbocycles. The number of nitrogens with zero attached hydrogens (tertiary/aromatic N) is 5. The molecule has 1 aromatic carbocycles. The van der Waals surface area contributed by atoms with Gasteiger partial charge >= 0.3 is 0 Å². The maximum atomic E-state index is 6.02. The van der Waals surface area contributed by atoms with Crippen molar-refractivity contribution in [3.63, 3.8) is 0 Å². The van der Waals surface area contributed by atoms with Crippen molar-refractivity contribution in [1.82, 2.24) is 19.9 Å². The number of rotatable bonds is 4. The Morgan fingerprint density at radius 1 is 1.14 bits per heavy atom. The fraction of sp³-hybridized carbons (Fsp3) is 0.364. The van der Waals surface area contributed by atoms with Crippen LogP contribution >= 0.6 is 0 Å². The largest absolute Gasteiger partial charge is 0.383 e. The van der Waals surface area contributed by atoms with Crippen LogP contribution in [0, 0.1) is 5.92 Å². The second-order valence-corrected chi connectivity index (χ2v) is 8.02. The van der Waals surface area contributed by atoms with Gasteiger partial charge in [0.2, 0.25) is 5.95 Å². The first-order valence-corrected chi connectivity index (χ1v) is 10.2. The molecule has 3 aromatic rings. The SMILES string of the molecule is Nc1ncc2ccc(C=CCC3CCC(N4CCc5c(N)ncnc54)C3)cc2n1. The number of benzene rings is 1. The summed E-state index contributed by atoms with van der Waals surface area (Å²) in [5, 5.41) is 1.00. The second-order valence-electron chi connectivity index (χ2n) is 8.02. The molecule has 4 N–H and O–H groups in total. The third-order valence-corrected chi connectivity index (χ3v) is 6.19. The first-order chi connectivity index (χ1) is 14.2. The summed E-state index contributed by atoms with van der Waals surface area (Å²) in [4.78, 5) is 19.4. The second kappa shape index (κ2) is 7.31. The van der Waals surface area contributed by atoms with E-state index in [9.17, 15) is 0 Å². The number of allylic oxidation sites excluding steroid dienone is 1. The standard InChI is InChI=1S/C22H25N7/c23-20-18-8-9-29(21(18)27-13-26-20)17-7-5-14(10-17)2-1-3-15-4-6-16-12-25-22(24)28-19(16)11-15/h1,3-4,6,11-14,17H,2,5,7-10H2,(H2,23,26,27)(H2,24,25,28). The molecule has 2 aliphatic rings. The first kappa shape index (κ1) is 17.8. The smallest absolute Gasteiger partial charge is 0.220 e. The van der Waals surface area contributed by atoms with Crippen LogP contribution in [-0.4, -0.2) is 32.5 Å². The topological polar surface area (TPSA) is 107 Å². The molecule has 0 amide bonds. The van der Waals surface area contributed by atoms with E-state index in [4.69, 9.17) is 11.5 Å². The minimum Gasteiger partial charge on any atom is -0.383 e. The number of anilines is 3. The Morgan fingerprint density at radius 2 is 2.07 bits per heavy atom. The molecular weight excluding hydrogens is 362 g/mol. The first-order valence-electron chi connectivity index (χ1n) is 10.2. The van der Waals surface area contributed by atoms with Gasteiger partial charge in [-0.15, -0.1) is 0 Å². The Hall–Kier alpha value is -3.22. The number of hydrogen-bond acceptors (Lipinski definition) is 7. The molecule has 5 rings (SSSR count). The van der Waals surface area contributed by atoms with Crippen LogP contribution in [0.15, 0.2) is 36.8 Å². The molecule has 1 aliphatic heterocycles.